The van der Waals surface area contributed by atoms with Crippen LogP contribution in [-0.4, -0.2) is 65.5 Å². The minimum absolute atomic E-state index is 0.0817. The number of likely N-dealkylation sites (tertiary alicyclic amines) is 1. The number of pyridine rings is 1. The molecule has 0 aliphatic carbocycles. The Hall–Kier alpha value is -2.59. The summed E-state index contributed by atoms with van der Waals surface area (Å²) in [6, 6.07) is 3.64. The summed E-state index contributed by atoms with van der Waals surface area (Å²) >= 11 is 1.38. The van der Waals surface area contributed by atoms with Gasteiger partial charge in [0, 0.05) is 37.2 Å². The number of aryl methyl sites for hydroxylation is 1. The number of nitrogens with one attached hydrogen (secondary N) is 1. The maximum Gasteiger partial charge on any atom is 0.409 e. The van der Waals surface area contributed by atoms with Crippen molar-refractivity contribution in [3.63, 3.8) is 0 Å². The van der Waals surface area contributed by atoms with Crippen molar-refractivity contribution >= 4 is 28.5 Å². The molecule has 3 heterocycles. The van der Waals surface area contributed by atoms with Crippen LogP contribution in [0.25, 0.3) is 0 Å². The molecule has 9 nitrogen and oxygen atoms in total. The number of carbonyl (C=O) groups excluding carboxylic acids is 2. The summed E-state index contributed by atoms with van der Waals surface area (Å²) in [6.45, 7) is 9.80. The molecular formula is C22H31N5O4S. The smallest absolute Gasteiger partial charge is 0.409 e. The van der Waals surface area contributed by atoms with E-state index in [-0.39, 0.29) is 29.9 Å². The van der Waals surface area contributed by atoms with Gasteiger partial charge >= 0.3 is 6.09 Å². The molecule has 1 fully saturated rings. The molecule has 3 rings (SSSR count). The predicted molar refractivity (Wildman–Crippen MR) is 122 cm³/mol. The lowest BCUT2D eigenvalue weighted by Gasteiger charge is -2.31. The summed E-state index contributed by atoms with van der Waals surface area (Å²) < 4.78 is 10.1. The van der Waals surface area contributed by atoms with Crippen molar-refractivity contribution in [2.75, 3.05) is 38.7 Å². The molecule has 1 aliphatic heterocycles. The van der Waals surface area contributed by atoms with E-state index in [2.05, 4.69) is 41.3 Å². The lowest BCUT2D eigenvalue weighted by Crippen LogP contribution is -2.39. The third-order valence-corrected chi connectivity index (χ3v) is 6.51. The fourth-order valence-corrected chi connectivity index (χ4v) is 4.26. The fraction of sp³-hybridized carbons (Fsp3) is 0.591. The Bertz CT molecular complexity index is 948. The third kappa shape index (κ3) is 6.01. The zero-order valence-corrected chi connectivity index (χ0v) is 20.1. The summed E-state index contributed by atoms with van der Waals surface area (Å²) in [6.07, 6.45) is 1.09. The minimum Gasteiger partial charge on any atom is -0.447 e. The number of nitrogens with zero attached hydrogens (tertiary/aromatic N) is 4. The number of rotatable bonds is 6. The summed E-state index contributed by atoms with van der Waals surface area (Å²) in [5.41, 5.74) is 2.01. The van der Waals surface area contributed by atoms with Crippen molar-refractivity contribution in [2.24, 2.45) is 0 Å². The number of methoxy groups -OCH3 is 1. The molecule has 32 heavy (non-hydrogen) atoms. The predicted octanol–water partition coefficient (Wildman–Crippen LogP) is 3.75. The average Bonchev–Trinajstić information content (AvgIpc) is 3.23. The quantitative estimate of drug-likeness (QED) is 0.653. The van der Waals surface area contributed by atoms with Crippen molar-refractivity contribution in [3.8, 4) is 0 Å². The Morgan fingerprint density at radius 2 is 1.91 bits per heavy atom. The van der Waals surface area contributed by atoms with Gasteiger partial charge in [-0.3, -0.25) is 15.1 Å². The maximum absolute atomic E-state index is 13.1. The Morgan fingerprint density at radius 3 is 2.53 bits per heavy atom. The molecule has 174 valence electrons. The van der Waals surface area contributed by atoms with E-state index in [1.165, 1.54) is 11.3 Å². The first-order valence-corrected chi connectivity index (χ1v) is 11.5. The minimum atomic E-state index is -0.332. The van der Waals surface area contributed by atoms with E-state index in [0.717, 1.165) is 16.4 Å². The summed E-state index contributed by atoms with van der Waals surface area (Å²) in [5, 5.41) is 12.5. The van der Waals surface area contributed by atoms with Crippen LogP contribution in [0.1, 0.15) is 66.3 Å². The molecule has 2 amide bonds. The number of aromatic nitrogens is 3. The van der Waals surface area contributed by atoms with Crippen molar-refractivity contribution in [1.29, 1.82) is 0 Å². The largest absolute Gasteiger partial charge is 0.447 e. The molecule has 0 bridgehead atoms. The highest BCUT2D eigenvalue weighted by Gasteiger charge is 2.29. The first-order valence-electron chi connectivity index (χ1n) is 10.7. The lowest BCUT2D eigenvalue weighted by atomic mass is 9.90. The standard InChI is InChI=1S/C22H31N5O4S/c1-14-6-7-16(18(28)24-20-26-25-19(32-20)22(2,3)4)17(23-14)15-8-10-27(11-9-15)21(29)31-13-12-30-5/h6-7,15H,8-13H2,1-5H3,(H,24,26,28). The van der Waals surface area contributed by atoms with Crippen LogP contribution >= 0.6 is 11.3 Å². The zero-order valence-electron chi connectivity index (χ0n) is 19.3. The molecule has 0 radical (unpaired) electrons. The number of hydrogen-bond acceptors (Lipinski definition) is 8. The van der Waals surface area contributed by atoms with Crippen LogP contribution in [0.15, 0.2) is 12.1 Å². The Balaban J connectivity index is 1.68. The Labute approximate surface area is 192 Å². The first-order chi connectivity index (χ1) is 15.2. The molecule has 0 saturated carbocycles. The average molecular weight is 462 g/mol. The van der Waals surface area contributed by atoms with E-state index in [9.17, 15) is 9.59 Å². The molecule has 10 heteroatoms. The highest BCUT2D eigenvalue weighted by atomic mass is 32.1. The number of piperidine rings is 1. The van der Waals surface area contributed by atoms with Gasteiger partial charge in [-0.2, -0.15) is 0 Å². The van der Waals surface area contributed by atoms with Gasteiger partial charge in [0.25, 0.3) is 5.91 Å². The summed E-state index contributed by atoms with van der Waals surface area (Å²) in [4.78, 5) is 31.6. The second-order valence-electron chi connectivity index (χ2n) is 8.87. The SMILES string of the molecule is COCCOC(=O)N1CCC(c2nc(C)ccc2C(=O)Nc2nnc(C(C)(C)C)s2)CC1. The molecule has 0 spiro atoms. The van der Waals surface area contributed by atoms with E-state index in [4.69, 9.17) is 9.47 Å². The van der Waals surface area contributed by atoms with Crippen molar-refractivity contribution < 1.29 is 19.1 Å². The number of amides is 2. The third-order valence-electron chi connectivity index (χ3n) is 5.25. The van der Waals surface area contributed by atoms with Crippen LogP contribution in [0.5, 0.6) is 0 Å². The zero-order chi connectivity index (χ0) is 23.3. The Kier molecular flexibility index (Phi) is 7.78. The lowest BCUT2D eigenvalue weighted by molar-refractivity contribution is 0.0657. The van der Waals surface area contributed by atoms with Gasteiger partial charge in [0.05, 0.1) is 17.9 Å². The number of hydrogen-bond donors (Lipinski definition) is 1. The highest BCUT2D eigenvalue weighted by molar-refractivity contribution is 7.15. The van der Waals surface area contributed by atoms with Crippen LogP contribution < -0.4 is 5.32 Å². The maximum atomic E-state index is 13.1. The van der Waals surface area contributed by atoms with Crippen LogP contribution in [0.3, 0.4) is 0 Å². The van der Waals surface area contributed by atoms with Gasteiger partial charge in [0.2, 0.25) is 5.13 Å². The van der Waals surface area contributed by atoms with Gasteiger partial charge in [-0.15, -0.1) is 10.2 Å². The van der Waals surface area contributed by atoms with Gasteiger partial charge in [0.15, 0.2) is 0 Å². The van der Waals surface area contributed by atoms with Gasteiger partial charge in [-0.05, 0) is 31.9 Å². The highest BCUT2D eigenvalue weighted by Crippen LogP contribution is 2.31. The summed E-state index contributed by atoms with van der Waals surface area (Å²) in [7, 11) is 1.57. The van der Waals surface area contributed by atoms with E-state index in [0.29, 0.717) is 43.2 Å². The normalized spacial score (nSPS) is 15.0. The number of ether oxygens (including phenoxy) is 2. The van der Waals surface area contributed by atoms with E-state index < -0.39 is 0 Å². The molecule has 2 aromatic rings. The molecule has 1 saturated heterocycles. The van der Waals surface area contributed by atoms with E-state index >= 15 is 0 Å². The Morgan fingerprint density at radius 1 is 1.19 bits per heavy atom. The van der Waals surface area contributed by atoms with Crippen molar-refractivity contribution in [1.82, 2.24) is 20.1 Å². The summed E-state index contributed by atoms with van der Waals surface area (Å²) in [5.74, 6) is -0.163. The monoisotopic (exact) mass is 461 g/mol. The van der Waals surface area contributed by atoms with Gasteiger partial charge in [0.1, 0.15) is 11.6 Å². The number of anilines is 1. The van der Waals surface area contributed by atoms with Crippen molar-refractivity contribution in [2.45, 2.75) is 51.9 Å². The van der Waals surface area contributed by atoms with Gasteiger partial charge in [-0.1, -0.05) is 32.1 Å². The fourth-order valence-electron chi connectivity index (χ4n) is 3.46. The van der Waals surface area contributed by atoms with Crippen molar-refractivity contribution in [3.05, 3.63) is 34.1 Å². The molecule has 1 aliphatic rings. The molecule has 0 unspecified atom stereocenters. The second kappa shape index (κ2) is 10.4. The van der Waals surface area contributed by atoms with E-state index in [1.54, 1.807) is 12.0 Å². The first kappa shape index (κ1) is 24.1. The molecule has 0 atom stereocenters. The van der Waals surface area contributed by atoms with Gasteiger partial charge < -0.3 is 14.4 Å². The molecule has 0 aromatic carbocycles. The van der Waals surface area contributed by atoms with Crippen LogP contribution in [0.4, 0.5) is 9.93 Å². The van der Waals surface area contributed by atoms with E-state index in [1.807, 2.05) is 19.1 Å². The van der Waals surface area contributed by atoms with Gasteiger partial charge in [-0.25, -0.2) is 4.79 Å². The topological polar surface area (TPSA) is 107 Å². The number of carbonyl (C=O) groups is 2. The molecule has 1 N–H and O–H groups in total. The molecule has 2 aromatic heterocycles. The second-order valence-corrected chi connectivity index (χ2v) is 9.85. The molecular weight excluding hydrogens is 430 g/mol. The van der Waals surface area contributed by atoms with Crippen LogP contribution in [0.2, 0.25) is 0 Å². The van der Waals surface area contributed by atoms with Crippen LogP contribution in [0, 0.1) is 6.92 Å². The van der Waals surface area contributed by atoms with Crippen LogP contribution in [-0.2, 0) is 14.9 Å².